The summed E-state index contributed by atoms with van der Waals surface area (Å²) in [7, 11) is 0. The highest BCUT2D eigenvalue weighted by Gasteiger charge is 2.09. The van der Waals surface area contributed by atoms with Gasteiger partial charge in [0.25, 0.3) is 0 Å². The first-order valence-corrected chi connectivity index (χ1v) is 6.80. The highest BCUT2D eigenvalue weighted by Crippen LogP contribution is 2.24. The van der Waals surface area contributed by atoms with Crippen molar-refractivity contribution in [2.24, 2.45) is 0 Å². The van der Waals surface area contributed by atoms with Crippen LogP contribution in [0, 0.1) is 25.2 Å². The molecule has 0 heterocycles. The lowest BCUT2D eigenvalue weighted by Gasteiger charge is -2.12. The number of nitrogens with zero attached hydrogens (tertiary/aromatic N) is 1. The predicted octanol–water partition coefficient (Wildman–Crippen LogP) is 3.37. The van der Waals surface area contributed by atoms with E-state index in [1.54, 1.807) is 12.1 Å². The molecule has 0 N–H and O–H groups in total. The molecular weight excluding hydrogens is 262 g/mol. The maximum absolute atomic E-state index is 12.0. The Hall–Kier alpha value is -2.60. The molecule has 2 rings (SSSR count). The fraction of sp³-hybridized carbons (Fsp3) is 0.222. The van der Waals surface area contributed by atoms with E-state index in [1.807, 2.05) is 44.2 Å². The van der Waals surface area contributed by atoms with Crippen molar-refractivity contribution in [1.29, 1.82) is 5.26 Å². The molecule has 0 saturated carbocycles. The van der Waals surface area contributed by atoms with Gasteiger partial charge in [0.05, 0.1) is 11.6 Å². The fourth-order valence-corrected chi connectivity index (χ4v) is 2.27. The maximum atomic E-state index is 12.0. The molecule has 2 aromatic rings. The van der Waals surface area contributed by atoms with Gasteiger partial charge < -0.3 is 4.74 Å². The molecule has 0 aliphatic rings. The number of Topliss-reactive ketones (excluding diaryl/α,β-unsaturated/α-hetero) is 1. The third kappa shape index (κ3) is 3.93. The quantitative estimate of drug-likeness (QED) is 0.843. The minimum Gasteiger partial charge on any atom is -0.485 e. The molecule has 3 nitrogen and oxygen atoms in total. The van der Waals surface area contributed by atoms with E-state index in [9.17, 15) is 4.79 Å². The molecule has 0 saturated heterocycles. The Morgan fingerprint density at radius 1 is 1.14 bits per heavy atom. The van der Waals surface area contributed by atoms with Crippen LogP contribution in [0.3, 0.4) is 0 Å². The lowest BCUT2D eigenvalue weighted by molar-refractivity contribution is -0.120. The van der Waals surface area contributed by atoms with E-state index in [-0.39, 0.29) is 12.4 Å². The van der Waals surface area contributed by atoms with Crippen LogP contribution in [-0.4, -0.2) is 12.4 Å². The first-order chi connectivity index (χ1) is 10.1. The molecule has 21 heavy (non-hydrogen) atoms. The van der Waals surface area contributed by atoms with Gasteiger partial charge in [-0.3, -0.25) is 4.79 Å². The number of benzene rings is 2. The predicted molar refractivity (Wildman–Crippen MR) is 81.3 cm³/mol. The van der Waals surface area contributed by atoms with E-state index >= 15 is 0 Å². The first kappa shape index (κ1) is 14.8. The van der Waals surface area contributed by atoms with Crippen LogP contribution < -0.4 is 4.74 Å². The number of hydrogen-bond donors (Lipinski definition) is 0. The Kier molecular flexibility index (Phi) is 4.73. The van der Waals surface area contributed by atoms with E-state index in [2.05, 4.69) is 6.07 Å². The summed E-state index contributed by atoms with van der Waals surface area (Å²) in [6.45, 7) is 3.80. The van der Waals surface area contributed by atoms with Gasteiger partial charge in [-0.25, -0.2) is 0 Å². The van der Waals surface area contributed by atoms with Gasteiger partial charge in [0, 0.05) is 6.42 Å². The second kappa shape index (κ2) is 6.71. The van der Waals surface area contributed by atoms with E-state index in [1.165, 1.54) is 0 Å². The number of hydrogen-bond acceptors (Lipinski definition) is 3. The Morgan fingerprint density at radius 3 is 2.33 bits per heavy atom. The molecule has 0 unspecified atom stereocenters. The zero-order valence-electron chi connectivity index (χ0n) is 12.2. The SMILES string of the molecule is Cc1cc(C#N)cc(C)c1OCC(=O)Cc1ccccc1. The Labute approximate surface area is 124 Å². The second-order valence-corrected chi connectivity index (χ2v) is 5.04. The average molecular weight is 279 g/mol. The normalized spacial score (nSPS) is 9.95. The zero-order valence-corrected chi connectivity index (χ0v) is 12.2. The monoisotopic (exact) mass is 279 g/mol. The molecule has 0 aliphatic carbocycles. The number of carbonyl (C=O) groups excluding carboxylic acids is 1. The van der Waals surface area contributed by atoms with Crippen molar-refractivity contribution in [3.8, 4) is 11.8 Å². The van der Waals surface area contributed by atoms with Crippen molar-refractivity contribution in [2.75, 3.05) is 6.61 Å². The first-order valence-electron chi connectivity index (χ1n) is 6.80. The van der Waals surface area contributed by atoms with E-state index in [0.717, 1.165) is 16.7 Å². The number of ether oxygens (including phenoxy) is 1. The van der Waals surface area contributed by atoms with E-state index < -0.39 is 0 Å². The van der Waals surface area contributed by atoms with Crippen LogP contribution >= 0.6 is 0 Å². The fourth-order valence-electron chi connectivity index (χ4n) is 2.27. The number of aryl methyl sites for hydroxylation is 2. The molecular formula is C18H17NO2. The summed E-state index contributed by atoms with van der Waals surface area (Å²) in [6, 6.07) is 15.3. The molecule has 106 valence electrons. The molecule has 0 fully saturated rings. The topological polar surface area (TPSA) is 50.1 Å². The van der Waals surface area contributed by atoms with Crippen molar-refractivity contribution in [2.45, 2.75) is 20.3 Å². The summed E-state index contributed by atoms with van der Waals surface area (Å²) in [5, 5.41) is 8.91. The molecule has 0 bridgehead atoms. The van der Waals surface area contributed by atoms with Gasteiger partial charge >= 0.3 is 0 Å². The Balaban J connectivity index is 2.00. The third-order valence-corrected chi connectivity index (χ3v) is 3.21. The van der Waals surface area contributed by atoms with E-state index in [0.29, 0.717) is 17.7 Å². The summed E-state index contributed by atoms with van der Waals surface area (Å²) in [5.41, 5.74) is 3.34. The number of ketones is 1. The second-order valence-electron chi connectivity index (χ2n) is 5.04. The molecule has 0 atom stereocenters. The van der Waals surface area contributed by atoms with Crippen LogP contribution in [0.25, 0.3) is 0 Å². The van der Waals surface area contributed by atoms with Gasteiger partial charge in [-0.15, -0.1) is 0 Å². The van der Waals surface area contributed by atoms with Crippen molar-refractivity contribution >= 4 is 5.78 Å². The van der Waals surface area contributed by atoms with Gasteiger partial charge in [0.15, 0.2) is 5.78 Å². The van der Waals surface area contributed by atoms with Crippen LogP contribution in [0.5, 0.6) is 5.75 Å². The lowest BCUT2D eigenvalue weighted by Crippen LogP contribution is -2.14. The number of rotatable bonds is 5. The smallest absolute Gasteiger partial charge is 0.174 e. The number of carbonyl (C=O) groups is 1. The molecule has 0 spiro atoms. The van der Waals surface area contributed by atoms with Crippen molar-refractivity contribution in [3.63, 3.8) is 0 Å². The Bertz CT molecular complexity index is 661. The van der Waals surface area contributed by atoms with Crippen LogP contribution in [-0.2, 0) is 11.2 Å². The lowest BCUT2D eigenvalue weighted by atomic mass is 10.1. The number of nitriles is 1. The molecule has 2 aromatic carbocycles. The molecule has 0 amide bonds. The van der Waals surface area contributed by atoms with Crippen LogP contribution in [0.2, 0.25) is 0 Å². The van der Waals surface area contributed by atoms with E-state index in [4.69, 9.17) is 10.00 Å². The van der Waals surface area contributed by atoms with Crippen molar-refractivity contribution in [3.05, 3.63) is 64.7 Å². The van der Waals surface area contributed by atoms with Gasteiger partial charge in [0.2, 0.25) is 0 Å². The minimum absolute atomic E-state index is 0.0318. The Morgan fingerprint density at radius 2 is 1.76 bits per heavy atom. The highest BCUT2D eigenvalue weighted by atomic mass is 16.5. The highest BCUT2D eigenvalue weighted by molar-refractivity contribution is 5.82. The molecule has 0 aromatic heterocycles. The van der Waals surface area contributed by atoms with Crippen LogP contribution in [0.4, 0.5) is 0 Å². The summed E-state index contributed by atoms with van der Waals surface area (Å²) >= 11 is 0. The zero-order chi connectivity index (χ0) is 15.2. The average Bonchev–Trinajstić information content (AvgIpc) is 2.47. The molecule has 0 aliphatic heterocycles. The van der Waals surface area contributed by atoms with Crippen LogP contribution in [0.1, 0.15) is 22.3 Å². The minimum atomic E-state index is 0.0318. The largest absolute Gasteiger partial charge is 0.485 e. The standard InChI is InChI=1S/C18H17NO2/c1-13-8-16(11-19)9-14(2)18(13)21-12-17(20)10-15-6-4-3-5-7-15/h3-9H,10,12H2,1-2H3. The van der Waals surface area contributed by atoms with Crippen molar-refractivity contribution in [1.82, 2.24) is 0 Å². The van der Waals surface area contributed by atoms with Crippen LogP contribution in [0.15, 0.2) is 42.5 Å². The van der Waals surface area contributed by atoms with Gasteiger partial charge in [-0.1, -0.05) is 30.3 Å². The molecule has 0 radical (unpaired) electrons. The summed E-state index contributed by atoms with van der Waals surface area (Å²) in [4.78, 5) is 12.0. The van der Waals surface area contributed by atoms with Gasteiger partial charge in [-0.05, 0) is 42.7 Å². The molecule has 3 heteroatoms. The van der Waals surface area contributed by atoms with Crippen molar-refractivity contribution < 1.29 is 9.53 Å². The third-order valence-electron chi connectivity index (χ3n) is 3.21. The summed E-state index contributed by atoms with van der Waals surface area (Å²) in [6.07, 6.45) is 0.370. The summed E-state index contributed by atoms with van der Waals surface area (Å²) in [5.74, 6) is 0.722. The summed E-state index contributed by atoms with van der Waals surface area (Å²) < 4.78 is 5.64. The van der Waals surface area contributed by atoms with Gasteiger partial charge in [-0.2, -0.15) is 5.26 Å². The maximum Gasteiger partial charge on any atom is 0.174 e. The van der Waals surface area contributed by atoms with Gasteiger partial charge in [0.1, 0.15) is 12.4 Å².